The second kappa shape index (κ2) is 12.2. The second-order valence-corrected chi connectivity index (χ2v) is 16.4. The number of fused-ring (bicyclic) bond motifs is 6. The number of azide groups is 1. The number of carbonyl (C=O) groups excluding carboxylic acids is 3. The SMILES string of the molecule is CC1=C(C(=O)NCN=[N+]=[N-])N2C(=O)C(NC(=O)CC[C@@H](C)[C@H]3CC[C@H]4[C@@H]5CC[C@@H]6C[C@H](O)CC[C@]6(C)[C@H]5CC[C@]34C)C2SC1. The Kier molecular flexibility index (Phi) is 8.78. The largest absolute Gasteiger partial charge is 0.393 e. The molecule has 0 bridgehead atoms. The third-order valence-electron chi connectivity index (χ3n) is 13.3. The number of nitrogens with one attached hydrogen (secondary N) is 2. The van der Waals surface area contributed by atoms with E-state index in [1.807, 2.05) is 6.92 Å². The Morgan fingerprint density at radius 3 is 2.66 bits per heavy atom. The van der Waals surface area contributed by atoms with Gasteiger partial charge in [0.2, 0.25) is 5.91 Å². The zero-order valence-electron chi connectivity index (χ0n) is 26.8. The number of rotatable bonds is 8. The molecule has 3 amide bonds. The standard InChI is InChI=1S/C33H50N6O4S/c1-18(5-10-26(41)37-27-30(43)39-28(19(2)16-44-31(27)39)29(42)35-17-36-38-34)23-8-9-24-22-7-6-20-15-21(40)11-13-32(20,3)25(22)12-14-33(23,24)4/h18,20-25,27,31,40H,5-17H2,1-4H3,(H,35,42)(H,37,41)/t18-,20-,21-,22+,23-,24+,25+,27?,31?,32+,33-/m1/s1. The summed E-state index contributed by atoms with van der Waals surface area (Å²) in [5, 5.41) is 18.9. The minimum Gasteiger partial charge on any atom is -0.393 e. The van der Waals surface area contributed by atoms with E-state index in [1.54, 1.807) is 11.8 Å². The Morgan fingerprint density at radius 1 is 1.14 bits per heavy atom. The van der Waals surface area contributed by atoms with Crippen LogP contribution in [0.1, 0.15) is 98.3 Å². The molecule has 0 aromatic heterocycles. The molecule has 2 heterocycles. The molecule has 1 saturated heterocycles. The number of hydrogen-bond acceptors (Lipinski definition) is 6. The van der Waals surface area contributed by atoms with Crippen LogP contribution < -0.4 is 10.6 Å². The molecule has 0 aromatic carbocycles. The number of amides is 3. The van der Waals surface area contributed by atoms with Gasteiger partial charge in [-0.2, -0.15) is 0 Å². The van der Waals surface area contributed by atoms with E-state index >= 15 is 0 Å². The predicted octanol–water partition coefficient (Wildman–Crippen LogP) is 5.48. The second-order valence-electron chi connectivity index (χ2n) is 15.3. The van der Waals surface area contributed by atoms with Crippen molar-refractivity contribution in [2.75, 3.05) is 12.4 Å². The summed E-state index contributed by atoms with van der Waals surface area (Å²) >= 11 is 1.55. The first-order valence-electron chi connectivity index (χ1n) is 16.9. The van der Waals surface area contributed by atoms with Crippen molar-refractivity contribution < 1.29 is 19.5 Å². The summed E-state index contributed by atoms with van der Waals surface area (Å²) in [7, 11) is 0. The van der Waals surface area contributed by atoms with Crippen LogP contribution in [0.3, 0.4) is 0 Å². The molecule has 3 N–H and O–H groups in total. The number of carbonyl (C=O) groups is 3. The molecule has 0 radical (unpaired) electrons. The van der Waals surface area contributed by atoms with Gasteiger partial charge >= 0.3 is 0 Å². The minimum absolute atomic E-state index is 0.0924. The van der Waals surface area contributed by atoms with Gasteiger partial charge in [-0.25, -0.2) is 0 Å². The molecule has 11 heteroatoms. The first-order valence-corrected chi connectivity index (χ1v) is 18.0. The highest BCUT2D eigenvalue weighted by Crippen LogP contribution is 2.68. The van der Waals surface area contributed by atoms with Gasteiger partial charge in [-0.1, -0.05) is 25.9 Å². The molecule has 2 unspecified atom stereocenters. The minimum atomic E-state index is -0.628. The molecule has 0 aromatic rings. The van der Waals surface area contributed by atoms with Crippen molar-refractivity contribution >= 4 is 29.5 Å². The third-order valence-corrected chi connectivity index (χ3v) is 14.7. The lowest BCUT2D eigenvalue weighted by Gasteiger charge is -2.61. The third kappa shape index (κ3) is 5.24. The first kappa shape index (κ1) is 31.7. The highest BCUT2D eigenvalue weighted by molar-refractivity contribution is 8.00. The summed E-state index contributed by atoms with van der Waals surface area (Å²) in [5.41, 5.74) is 10.3. The Hall–Kier alpha value is -2.23. The van der Waals surface area contributed by atoms with Crippen molar-refractivity contribution in [2.24, 2.45) is 51.5 Å². The number of β-lactam (4-membered cyclic amide) rings is 1. The van der Waals surface area contributed by atoms with Crippen LogP contribution in [0.15, 0.2) is 16.4 Å². The van der Waals surface area contributed by atoms with Gasteiger partial charge in [0, 0.05) is 17.1 Å². The van der Waals surface area contributed by atoms with E-state index in [-0.39, 0.29) is 30.0 Å². The summed E-state index contributed by atoms with van der Waals surface area (Å²) in [6.07, 6.45) is 12.0. The molecule has 0 spiro atoms. The lowest BCUT2D eigenvalue weighted by Crippen LogP contribution is -2.70. The molecule has 5 fully saturated rings. The quantitative estimate of drug-likeness (QED) is 0.141. The summed E-state index contributed by atoms with van der Waals surface area (Å²) in [5.74, 6) is 3.89. The summed E-state index contributed by atoms with van der Waals surface area (Å²) in [4.78, 5) is 43.0. The molecule has 4 saturated carbocycles. The Labute approximate surface area is 265 Å². The number of hydrogen-bond donors (Lipinski definition) is 3. The van der Waals surface area contributed by atoms with E-state index in [0.717, 1.165) is 42.6 Å². The summed E-state index contributed by atoms with van der Waals surface area (Å²) in [6.45, 7) is 9.07. The number of thioether (sulfide) groups is 1. The van der Waals surface area contributed by atoms with Crippen LogP contribution in [-0.2, 0) is 14.4 Å². The molecule has 6 aliphatic rings. The summed E-state index contributed by atoms with van der Waals surface area (Å²) < 4.78 is 0. The molecular weight excluding hydrogens is 576 g/mol. The van der Waals surface area contributed by atoms with Crippen LogP contribution in [0.25, 0.3) is 10.4 Å². The maximum Gasteiger partial charge on any atom is 0.268 e. The first-order chi connectivity index (χ1) is 21.0. The average Bonchev–Trinajstić information content (AvgIpc) is 3.36. The zero-order chi connectivity index (χ0) is 31.4. The van der Waals surface area contributed by atoms with Gasteiger partial charge in [0.25, 0.3) is 11.8 Å². The van der Waals surface area contributed by atoms with E-state index in [1.165, 1.54) is 49.8 Å². The Balaban J connectivity index is 1.02. The topological polar surface area (TPSA) is 147 Å². The number of nitrogens with zero attached hydrogens (tertiary/aromatic N) is 4. The van der Waals surface area contributed by atoms with E-state index in [0.29, 0.717) is 46.5 Å². The van der Waals surface area contributed by atoms with Crippen LogP contribution in [0.2, 0.25) is 0 Å². The van der Waals surface area contributed by atoms with E-state index in [2.05, 4.69) is 41.4 Å². The van der Waals surface area contributed by atoms with Crippen LogP contribution in [-0.4, -0.2) is 57.7 Å². The predicted molar refractivity (Wildman–Crippen MR) is 170 cm³/mol. The highest BCUT2D eigenvalue weighted by Gasteiger charge is 2.60. The molecule has 44 heavy (non-hydrogen) atoms. The summed E-state index contributed by atoms with van der Waals surface area (Å²) in [6, 6.07) is -0.628. The maximum atomic E-state index is 13.1. The zero-order valence-corrected chi connectivity index (χ0v) is 27.6. The van der Waals surface area contributed by atoms with Crippen LogP contribution in [0.4, 0.5) is 0 Å². The fourth-order valence-electron chi connectivity index (χ4n) is 11.0. The smallest absolute Gasteiger partial charge is 0.268 e. The monoisotopic (exact) mass is 626 g/mol. The maximum absolute atomic E-state index is 13.1. The van der Waals surface area contributed by atoms with E-state index < -0.39 is 11.9 Å². The molecule has 242 valence electrons. The molecule has 10 nitrogen and oxygen atoms in total. The fraction of sp³-hybridized carbons (Fsp3) is 0.848. The molecular formula is C33H50N6O4S. The van der Waals surface area contributed by atoms with Crippen LogP contribution >= 0.6 is 11.8 Å². The number of aliphatic hydroxyl groups excluding tert-OH is 1. The van der Waals surface area contributed by atoms with Gasteiger partial charge in [-0.3, -0.25) is 19.3 Å². The number of aliphatic hydroxyl groups is 1. The van der Waals surface area contributed by atoms with Crippen molar-refractivity contribution in [2.45, 2.75) is 116 Å². The molecule has 11 atom stereocenters. The van der Waals surface area contributed by atoms with Crippen molar-refractivity contribution in [3.05, 3.63) is 21.7 Å². The molecule has 2 aliphatic heterocycles. The normalized spacial score (nSPS) is 41.7. The highest BCUT2D eigenvalue weighted by atomic mass is 32.2. The lowest BCUT2D eigenvalue weighted by molar-refractivity contribution is -0.147. The molecule has 4 aliphatic carbocycles. The van der Waals surface area contributed by atoms with Gasteiger partial charge in [-0.15, -0.1) is 11.8 Å². The molecule has 6 rings (SSSR count). The van der Waals surface area contributed by atoms with Crippen LogP contribution in [0, 0.1) is 46.3 Å². The Bertz CT molecular complexity index is 1270. The Morgan fingerprint density at radius 2 is 1.89 bits per heavy atom. The van der Waals surface area contributed by atoms with Crippen molar-refractivity contribution in [3.8, 4) is 0 Å². The van der Waals surface area contributed by atoms with Gasteiger partial charge in [-0.05, 0) is 129 Å². The van der Waals surface area contributed by atoms with Gasteiger partial charge in [0.15, 0.2) is 0 Å². The van der Waals surface area contributed by atoms with Crippen molar-refractivity contribution in [3.63, 3.8) is 0 Å². The van der Waals surface area contributed by atoms with Gasteiger partial charge in [0.1, 0.15) is 17.1 Å². The van der Waals surface area contributed by atoms with E-state index in [4.69, 9.17) is 5.53 Å². The van der Waals surface area contributed by atoms with E-state index in [9.17, 15) is 19.5 Å². The van der Waals surface area contributed by atoms with Crippen LogP contribution in [0.5, 0.6) is 0 Å². The van der Waals surface area contributed by atoms with Crippen molar-refractivity contribution in [1.29, 1.82) is 0 Å². The fourth-order valence-corrected chi connectivity index (χ4v) is 12.3. The van der Waals surface area contributed by atoms with Crippen molar-refractivity contribution in [1.82, 2.24) is 15.5 Å². The van der Waals surface area contributed by atoms with Gasteiger partial charge < -0.3 is 15.7 Å². The lowest BCUT2D eigenvalue weighted by atomic mass is 9.44. The van der Waals surface area contributed by atoms with Gasteiger partial charge in [0.05, 0.1) is 12.8 Å². The average molecular weight is 627 g/mol.